The van der Waals surface area contributed by atoms with Crippen molar-refractivity contribution >= 4 is 17.5 Å². The summed E-state index contributed by atoms with van der Waals surface area (Å²) in [5.41, 5.74) is 2.98. The zero-order chi connectivity index (χ0) is 20.4. The van der Waals surface area contributed by atoms with Crippen LogP contribution >= 0.6 is 0 Å². The zero-order valence-electron chi connectivity index (χ0n) is 16.8. The Bertz CT molecular complexity index is 928. The van der Waals surface area contributed by atoms with E-state index in [9.17, 15) is 9.59 Å². The van der Waals surface area contributed by atoms with Crippen molar-refractivity contribution < 1.29 is 19.1 Å². The van der Waals surface area contributed by atoms with E-state index in [1.807, 2.05) is 36.4 Å². The first-order valence-electron chi connectivity index (χ1n) is 10.2. The van der Waals surface area contributed by atoms with Gasteiger partial charge in [0.2, 0.25) is 18.6 Å². The molecule has 1 fully saturated rings. The Balaban J connectivity index is 1.43. The molecule has 1 heterocycles. The highest BCUT2D eigenvalue weighted by molar-refractivity contribution is 6.13. The van der Waals surface area contributed by atoms with Crippen molar-refractivity contribution in [1.82, 2.24) is 5.32 Å². The topological polar surface area (TPSA) is 76.7 Å². The van der Waals surface area contributed by atoms with Gasteiger partial charge in [-0.25, -0.2) is 0 Å². The third-order valence-electron chi connectivity index (χ3n) is 5.75. The fourth-order valence-electron chi connectivity index (χ4n) is 3.72. The van der Waals surface area contributed by atoms with E-state index >= 15 is 0 Å². The molecule has 1 aliphatic carbocycles. The number of fused-ring (bicyclic) bond motifs is 1. The normalized spacial score (nSPS) is 15.7. The largest absolute Gasteiger partial charge is 0.454 e. The second-order valence-electron chi connectivity index (χ2n) is 7.56. The van der Waals surface area contributed by atoms with Crippen LogP contribution in [0.3, 0.4) is 0 Å². The molecule has 0 unspecified atom stereocenters. The molecule has 4 rings (SSSR count). The molecule has 0 bridgehead atoms. The van der Waals surface area contributed by atoms with E-state index in [4.69, 9.17) is 9.47 Å². The summed E-state index contributed by atoms with van der Waals surface area (Å²) in [5.74, 6) is 0.953. The van der Waals surface area contributed by atoms with Gasteiger partial charge in [0.05, 0.1) is 0 Å². The van der Waals surface area contributed by atoms with E-state index in [1.165, 1.54) is 0 Å². The van der Waals surface area contributed by atoms with E-state index in [1.54, 1.807) is 0 Å². The highest BCUT2D eigenvalue weighted by atomic mass is 16.7. The van der Waals surface area contributed by atoms with Crippen LogP contribution in [0.1, 0.15) is 43.4 Å². The number of carbonyl (C=O) groups excluding carboxylic acids is 2. The Labute approximate surface area is 170 Å². The standard InChI is InChI=1S/C23H26N2O4/c1-3-16-6-5-7-17(4-2)20(16)25-22(27)23(10-11-23)21(26)24-13-15-8-9-18-19(12-15)29-14-28-18/h5-9,12H,3-4,10-11,13-14H2,1-2H3,(H,24,26)(H,25,27). The average molecular weight is 394 g/mol. The van der Waals surface area contributed by atoms with Gasteiger partial charge in [-0.05, 0) is 54.5 Å². The van der Waals surface area contributed by atoms with Gasteiger partial charge in [-0.1, -0.05) is 38.1 Å². The van der Waals surface area contributed by atoms with Gasteiger partial charge in [0.15, 0.2) is 11.5 Å². The Morgan fingerprint density at radius 1 is 0.966 bits per heavy atom. The zero-order valence-corrected chi connectivity index (χ0v) is 16.8. The lowest BCUT2D eigenvalue weighted by atomic mass is 10.0. The molecule has 0 radical (unpaired) electrons. The van der Waals surface area contributed by atoms with Crippen LogP contribution in [0.2, 0.25) is 0 Å². The molecule has 1 saturated carbocycles. The van der Waals surface area contributed by atoms with Crippen molar-refractivity contribution in [3.05, 3.63) is 53.1 Å². The van der Waals surface area contributed by atoms with Crippen LogP contribution in [0.15, 0.2) is 36.4 Å². The van der Waals surface area contributed by atoms with Gasteiger partial charge in [0.1, 0.15) is 5.41 Å². The van der Waals surface area contributed by atoms with Crippen LogP contribution < -0.4 is 20.1 Å². The smallest absolute Gasteiger partial charge is 0.240 e. The van der Waals surface area contributed by atoms with Gasteiger partial charge in [-0.15, -0.1) is 0 Å². The van der Waals surface area contributed by atoms with E-state index in [0.717, 1.165) is 35.2 Å². The fourth-order valence-corrected chi connectivity index (χ4v) is 3.72. The van der Waals surface area contributed by atoms with Crippen LogP contribution in [0, 0.1) is 5.41 Å². The lowest BCUT2D eigenvalue weighted by Crippen LogP contribution is -2.40. The molecule has 6 nitrogen and oxygen atoms in total. The van der Waals surface area contributed by atoms with E-state index in [0.29, 0.717) is 30.9 Å². The van der Waals surface area contributed by atoms with Gasteiger partial charge >= 0.3 is 0 Å². The second kappa shape index (κ2) is 7.78. The van der Waals surface area contributed by atoms with Crippen LogP contribution in [-0.4, -0.2) is 18.6 Å². The number of amides is 2. The van der Waals surface area contributed by atoms with Crippen LogP contribution in [0.4, 0.5) is 5.69 Å². The molecule has 0 spiro atoms. The fraction of sp³-hybridized carbons (Fsp3) is 0.391. The number of hydrogen-bond acceptors (Lipinski definition) is 4. The first-order chi connectivity index (χ1) is 14.1. The predicted molar refractivity (Wildman–Crippen MR) is 110 cm³/mol. The maximum absolute atomic E-state index is 13.0. The van der Waals surface area contributed by atoms with Crippen molar-refractivity contribution in [2.75, 3.05) is 12.1 Å². The number of aryl methyl sites for hydroxylation is 2. The Morgan fingerprint density at radius 2 is 1.66 bits per heavy atom. The minimum absolute atomic E-state index is 0.212. The molecule has 2 amide bonds. The van der Waals surface area contributed by atoms with Crippen molar-refractivity contribution in [2.45, 2.75) is 46.1 Å². The second-order valence-corrected chi connectivity index (χ2v) is 7.56. The summed E-state index contributed by atoms with van der Waals surface area (Å²) in [6.07, 6.45) is 2.79. The summed E-state index contributed by atoms with van der Waals surface area (Å²) in [7, 11) is 0. The summed E-state index contributed by atoms with van der Waals surface area (Å²) in [6.45, 7) is 4.69. The minimum Gasteiger partial charge on any atom is -0.454 e. The Hall–Kier alpha value is -3.02. The number of carbonyl (C=O) groups is 2. The van der Waals surface area contributed by atoms with E-state index in [-0.39, 0.29) is 18.6 Å². The average Bonchev–Trinajstić information content (AvgIpc) is 3.43. The summed E-state index contributed by atoms with van der Waals surface area (Å²) < 4.78 is 10.7. The van der Waals surface area contributed by atoms with Crippen molar-refractivity contribution in [3.63, 3.8) is 0 Å². The molecule has 2 aliphatic rings. The number of rotatable bonds is 7. The summed E-state index contributed by atoms with van der Waals surface area (Å²) >= 11 is 0. The number of benzene rings is 2. The number of hydrogen-bond donors (Lipinski definition) is 2. The molecule has 0 aromatic heterocycles. The maximum atomic E-state index is 13.0. The first-order valence-corrected chi connectivity index (χ1v) is 10.2. The quantitative estimate of drug-likeness (QED) is 0.704. The SMILES string of the molecule is CCc1cccc(CC)c1NC(=O)C1(C(=O)NCc2ccc3c(c2)OCO3)CC1. The lowest BCUT2D eigenvalue weighted by molar-refractivity contribution is -0.134. The minimum atomic E-state index is -0.970. The third kappa shape index (κ3) is 3.67. The predicted octanol–water partition coefficient (Wildman–Crippen LogP) is 3.58. The van der Waals surface area contributed by atoms with Gasteiger partial charge in [-0.2, -0.15) is 0 Å². The molecular formula is C23H26N2O4. The summed E-state index contributed by atoms with van der Waals surface area (Å²) in [6, 6.07) is 11.6. The highest BCUT2D eigenvalue weighted by Gasteiger charge is 2.56. The van der Waals surface area contributed by atoms with E-state index < -0.39 is 5.41 Å². The molecule has 0 saturated heterocycles. The lowest BCUT2D eigenvalue weighted by Gasteiger charge is -2.19. The maximum Gasteiger partial charge on any atom is 0.240 e. The van der Waals surface area contributed by atoms with Crippen molar-refractivity contribution in [2.24, 2.45) is 5.41 Å². The summed E-state index contributed by atoms with van der Waals surface area (Å²) in [4.78, 5) is 25.9. The Morgan fingerprint density at radius 3 is 2.31 bits per heavy atom. The van der Waals surface area contributed by atoms with Gasteiger partial charge in [-0.3, -0.25) is 9.59 Å². The van der Waals surface area contributed by atoms with Crippen LogP contribution in [-0.2, 0) is 29.0 Å². The number of para-hydroxylation sites is 1. The molecule has 6 heteroatoms. The van der Waals surface area contributed by atoms with Gasteiger partial charge in [0, 0.05) is 12.2 Å². The molecule has 152 valence electrons. The van der Waals surface area contributed by atoms with Crippen molar-refractivity contribution in [3.8, 4) is 11.5 Å². The van der Waals surface area contributed by atoms with Gasteiger partial charge in [0.25, 0.3) is 0 Å². The monoisotopic (exact) mass is 394 g/mol. The van der Waals surface area contributed by atoms with Crippen molar-refractivity contribution in [1.29, 1.82) is 0 Å². The van der Waals surface area contributed by atoms with Crippen LogP contribution in [0.25, 0.3) is 0 Å². The van der Waals surface area contributed by atoms with Crippen LogP contribution in [0.5, 0.6) is 11.5 Å². The number of ether oxygens (including phenoxy) is 2. The number of anilines is 1. The molecule has 2 aromatic rings. The third-order valence-corrected chi connectivity index (χ3v) is 5.75. The van der Waals surface area contributed by atoms with E-state index in [2.05, 4.69) is 24.5 Å². The molecule has 2 N–H and O–H groups in total. The Kier molecular flexibility index (Phi) is 5.18. The molecule has 2 aromatic carbocycles. The molecule has 29 heavy (non-hydrogen) atoms. The summed E-state index contributed by atoms with van der Waals surface area (Å²) in [5, 5.41) is 5.98. The number of nitrogens with one attached hydrogen (secondary N) is 2. The molecule has 0 atom stereocenters. The van der Waals surface area contributed by atoms with Gasteiger partial charge < -0.3 is 20.1 Å². The molecular weight excluding hydrogens is 368 g/mol. The molecule has 1 aliphatic heterocycles. The highest BCUT2D eigenvalue weighted by Crippen LogP contribution is 2.47. The first kappa shape index (κ1) is 19.3.